The van der Waals surface area contributed by atoms with E-state index in [1.807, 2.05) is 6.92 Å². The first kappa shape index (κ1) is 13.3. The van der Waals surface area contributed by atoms with Crippen LogP contribution in [0.2, 0.25) is 5.02 Å². The predicted octanol–water partition coefficient (Wildman–Crippen LogP) is 1.59. The Kier molecular flexibility index (Phi) is 4.78. The van der Waals surface area contributed by atoms with Gasteiger partial charge in [-0.1, -0.05) is 29.7 Å². The van der Waals surface area contributed by atoms with Crippen molar-refractivity contribution >= 4 is 23.3 Å². The van der Waals surface area contributed by atoms with Crippen LogP contribution in [0.5, 0.6) is 0 Å². The van der Waals surface area contributed by atoms with Crippen molar-refractivity contribution in [3.63, 3.8) is 0 Å². The second kappa shape index (κ2) is 6.10. The summed E-state index contributed by atoms with van der Waals surface area (Å²) >= 11 is 5.78. The summed E-state index contributed by atoms with van der Waals surface area (Å²) in [6.07, 6.45) is 0.530. The standard InChI is InChI=1S/C11H14ClN3O2/c1-2-9(10(13)15-17)14-11(16)7-4-3-5-8(12)6-7/h3-6,9,17H,2H2,1H3,(H2,13,15)(H,14,16). The Morgan fingerprint density at radius 2 is 2.35 bits per heavy atom. The van der Waals surface area contributed by atoms with Gasteiger partial charge in [-0.2, -0.15) is 0 Å². The molecule has 5 nitrogen and oxygen atoms in total. The lowest BCUT2D eigenvalue weighted by Crippen LogP contribution is -2.44. The van der Waals surface area contributed by atoms with Crippen LogP contribution in [0.3, 0.4) is 0 Å². The minimum Gasteiger partial charge on any atom is -0.409 e. The molecule has 17 heavy (non-hydrogen) atoms. The first-order chi connectivity index (χ1) is 8.08. The van der Waals surface area contributed by atoms with Gasteiger partial charge in [-0.15, -0.1) is 0 Å². The minimum absolute atomic E-state index is 0.0251. The zero-order valence-corrected chi connectivity index (χ0v) is 10.1. The van der Waals surface area contributed by atoms with Crippen LogP contribution in [0.4, 0.5) is 0 Å². The van der Waals surface area contributed by atoms with Crippen molar-refractivity contribution in [2.24, 2.45) is 10.9 Å². The number of hydrogen-bond acceptors (Lipinski definition) is 3. The van der Waals surface area contributed by atoms with Gasteiger partial charge in [0.05, 0.1) is 6.04 Å². The predicted molar refractivity (Wildman–Crippen MR) is 66.4 cm³/mol. The third kappa shape index (κ3) is 3.64. The Morgan fingerprint density at radius 1 is 1.65 bits per heavy atom. The second-order valence-electron chi connectivity index (χ2n) is 3.47. The van der Waals surface area contributed by atoms with Gasteiger partial charge < -0.3 is 16.3 Å². The molecular weight excluding hydrogens is 242 g/mol. The molecule has 0 aromatic heterocycles. The monoisotopic (exact) mass is 255 g/mol. The number of carbonyl (C=O) groups excluding carboxylic acids is 1. The number of nitrogens with one attached hydrogen (secondary N) is 1. The van der Waals surface area contributed by atoms with E-state index in [-0.39, 0.29) is 11.7 Å². The van der Waals surface area contributed by atoms with E-state index in [2.05, 4.69) is 10.5 Å². The Balaban J connectivity index is 2.78. The van der Waals surface area contributed by atoms with Gasteiger partial charge in [-0.05, 0) is 24.6 Å². The number of amides is 1. The maximum absolute atomic E-state index is 11.8. The summed E-state index contributed by atoms with van der Waals surface area (Å²) in [5, 5.41) is 14.6. The molecular formula is C11H14ClN3O2. The number of amidine groups is 1. The zero-order valence-electron chi connectivity index (χ0n) is 9.35. The summed E-state index contributed by atoms with van der Waals surface area (Å²) < 4.78 is 0. The van der Waals surface area contributed by atoms with E-state index in [4.69, 9.17) is 22.5 Å². The lowest BCUT2D eigenvalue weighted by Gasteiger charge is -2.15. The Morgan fingerprint density at radius 3 is 2.88 bits per heavy atom. The first-order valence-electron chi connectivity index (χ1n) is 5.12. The number of oxime groups is 1. The average molecular weight is 256 g/mol. The number of nitrogens with two attached hydrogens (primary N) is 1. The molecule has 92 valence electrons. The molecule has 0 aliphatic heterocycles. The first-order valence-corrected chi connectivity index (χ1v) is 5.50. The molecule has 1 aromatic rings. The fourth-order valence-electron chi connectivity index (χ4n) is 1.33. The topological polar surface area (TPSA) is 87.7 Å². The van der Waals surface area contributed by atoms with Gasteiger partial charge >= 0.3 is 0 Å². The fraction of sp³-hybridized carbons (Fsp3) is 0.273. The molecule has 0 heterocycles. The lowest BCUT2D eigenvalue weighted by molar-refractivity contribution is 0.0945. The molecule has 0 aliphatic carbocycles. The fourth-order valence-corrected chi connectivity index (χ4v) is 1.52. The number of hydrogen-bond donors (Lipinski definition) is 3. The van der Waals surface area contributed by atoms with Gasteiger partial charge in [0.15, 0.2) is 5.84 Å². The van der Waals surface area contributed by atoms with Crippen LogP contribution in [0.1, 0.15) is 23.7 Å². The van der Waals surface area contributed by atoms with E-state index < -0.39 is 6.04 Å². The molecule has 0 spiro atoms. The van der Waals surface area contributed by atoms with E-state index in [0.717, 1.165) is 0 Å². The van der Waals surface area contributed by atoms with Crippen LogP contribution in [-0.4, -0.2) is 23.0 Å². The Hall–Kier alpha value is -1.75. The molecule has 0 bridgehead atoms. The minimum atomic E-state index is -0.494. The number of benzene rings is 1. The molecule has 0 fully saturated rings. The molecule has 1 atom stereocenters. The van der Waals surface area contributed by atoms with Crippen LogP contribution in [-0.2, 0) is 0 Å². The molecule has 1 aromatic carbocycles. The largest absolute Gasteiger partial charge is 0.409 e. The molecule has 6 heteroatoms. The van der Waals surface area contributed by atoms with Crippen molar-refractivity contribution < 1.29 is 10.0 Å². The average Bonchev–Trinajstić information content (AvgIpc) is 2.34. The molecule has 1 amide bonds. The third-order valence-corrected chi connectivity index (χ3v) is 2.51. The number of carbonyl (C=O) groups is 1. The van der Waals surface area contributed by atoms with E-state index in [1.165, 1.54) is 0 Å². The third-order valence-electron chi connectivity index (χ3n) is 2.27. The Labute approximate surface area is 104 Å². The highest BCUT2D eigenvalue weighted by molar-refractivity contribution is 6.31. The van der Waals surface area contributed by atoms with Crippen LogP contribution >= 0.6 is 11.6 Å². The molecule has 4 N–H and O–H groups in total. The zero-order chi connectivity index (χ0) is 12.8. The van der Waals surface area contributed by atoms with Gasteiger partial charge in [0, 0.05) is 10.6 Å². The second-order valence-corrected chi connectivity index (χ2v) is 3.91. The van der Waals surface area contributed by atoms with Gasteiger partial charge in [-0.3, -0.25) is 4.79 Å². The highest BCUT2D eigenvalue weighted by Gasteiger charge is 2.15. The van der Waals surface area contributed by atoms with E-state index in [9.17, 15) is 4.79 Å². The number of halogens is 1. The summed E-state index contributed by atoms with van der Waals surface area (Å²) in [5.74, 6) is -0.339. The summed E-state index contributed by atoms with van der Waals surface area (Å²) in [7, 11) is 0. The van der Waals surface area contributed by atoms with Crippen molar-refractivity contribution in [1.82, 2.24) is 5.32 Å². The Bertz CT molecular complexity index is 434. The van der Waals surface area contributed by atoms with E-state index >= 15 is 0 Å². The normalized spacial score (nSPS) is 13.2. The van der Waals surface area contributed by atoms with Crippen LogP contribution < -0.4 is 11.1 Å². The van der Waals surface area contributed by atoms with Gasteiger partial charge in [0.2, 0.25) is 0 Å². The molecule has 0 saturated carbocycles. The molecule has 1 rings (SSSR count). The summed E-state index contributed by atoms with van der Waals surface area (Å²) in [5.41, 5.74) is 5.88. The molecule has 0 saturated heterocycles. The van der Waals surface area contributed by atoms with Crippen molar-refractivity contribution in [3.05, 3.63) is 34.9 Å². The lowest BCUT2D eigenvalue weighted by atomic mass is 10.1. The SMILES string of the molecule is CCC(NC(=O)c1cccc(Cl)c1)/C(N)=N/O. The van der Waals surface area contributed by atoms with Crippen molar-refractivity contribution in [2.45, 2.75) is 19.4 Å². The van der Waals surface area contributed by atoms with E-state index in [1.54, 1.807) is 24.3 Å². The van der Waals surface area contributed by atoms with Crippen LogP contribution in [0.25, 0.3) is 0 Å². The smallest absolute Gasteiger partial charge is 0.251 e. The molecule has 0 aliphatic rings. The maximum Gasteiger partial charge on any atom is 0.251 e. The summed E-state index contributed by atoms with van der Waals surface area (Å²) in [6, 6.07) is 6.06. The van der Waals surface area contributed by atoms with Crippen molar-refractivity contribution in [3.8, 4) is 0 Å². The highest BCUT2D eigenvalue weighted by atomic mass is 35.5. The van der Waals surface area contributed by atoms with Crippen LogP contribution in [0.15, 0.2) is 29.4 Å². The maximum atomic E-state index is 11.8. The van der Waals surface area contributed by atoms with Gasteiger partial charge in [-0.25, -0.2) is 0 Å². The quantitative estimate of drug-likeness (QED) is 0.330. The van der Waals surface area contributed by atoms with Crippen molar-refractivity contribution in [1.29, 1.82) is 0 Å². The van der Waals surface area contributed by atoms with Crippen molar-refractivity contribution in [2.75, 3.05) is 0 Å². The highest BCUT2D eigenvalue weighted by Crippen LogP contribution is 2.10. The van der Waals surface area contributed by atoms with Gasteiger partial charge in [0.25, 0.3) is 5.91 Å². The number of rotatable bonds is 4. The molecule has 0 radical (unpaired) electrons. The van der Waals surface area contributed by atoms with Crippen LogP contribution in [0, 0.1) is 0 Å². The number of nitrogens with zero attached hydrogens (tertiary/aromatic N) is 1. The summed E-state index contributed by atoms with van der Waals surface area (Å²) in [6.45, 7) is 1.82. The van der Waals surface area contributed by atoms with Gasteiger partial charge in [0.1, 0.15) is 0 Å². The van der Waals surface area contributed by atoms with E-state index in [0.29, 0.717) is 17.0 Å². The summed E-state index contributed by atoms with van der Waals surface area (Å²) in [4.78, 5) is 11.8. The molecule has 1 unspecified atom stereocenters.